The van der Waals surface area contributed by atoms with Crippen molar-refractivity contribution in [1.82, 2.24) is 9.78 Å². The highest BCUT2D eigenvalue weighted by atomic mass is 16.7. The minimum absolute atomic E-state index is 0.0830. The first-order valence-corrected chi connectivity index (χ1v) is 9.83. The van der Waals surface area contributed by atoms with E-state index in [1.807, 2.05) is 32.9 Å². The summed E-state index contributed by atoms with van der Waals surface area (Å²) in [7, 11) is 0. The van der Waals surface area contributed by atoms with Crippen molar-refractivity contribution in [3.8, 4) is 17.2 Å². The second-order valence-corrected chi connectivity index (χ2v) is 7.79. The number of nitrogens with zero attached hydrogens (tertiary/aromatic N) is 2. The van der Waals surface area contributed by atoms with Gasteiger partial charge in [0, 0.05) is 17.5 Å². The molecule has 0 saturated heterocycles. The van der Waals surface area contributed by atoms with Gasteiger partial charge in [0.1, 0.15) is 5.82 Å². The molecule has 0 aliphatic carbocycles. The Hall–Kier alpha value is -3.61. The van der Waals surface area contributed by atoms with Crippen LogP contribution in [-0.2, 0) is 4.79 Å². The Balaban J connectivity index is 1.60. The number of aryl methyl sites for hydroxylation is 3. The van der Waals surface area contributed by atoms with Gasteiger partial charge in [-0.05, 0) is 50.6 Å². The van der Waals surface area contributed by atoms with E-state index in [1.165, 1.54) is 0 Å². The highest BCUT2D eigenvalue weighted by Crippen LogP contribution is 2.40. The van der Waals surface area contributed by atoms with Crippen molar-refractivity contribution in [3.05, 3.63) is 64.3 Å². The summed E-state index contributed by atoms with van der Waals surface area (Å²) in [6, 6.07) is 11.2. The van der Waals surface area contributed by atoms with Crippen molar-refractivity contribution >= 4 is 17.5 Å². The largest absolute Gasteiger partial charge is 0.454 e. The molecule has 7 heteroatoms. The van der Waals surface area contributed by atoms with Gasteiger partial charge in [-0.1, -0.05) is 17.7 Å². The summed E-state index contributed by atoms with van der Waals surface area (Å²) >= 11 is 0. The molecule has 2 aromatic carbocycles. The molecule has 0 spiro atoms. The van der Waals surface area contributed by atoms with Crippen LogP contribution >= 0.6 is 0 Å². The zero-order chi connectivity index (χ0) is 21.0. The number of rotatable bonds is 3. The van der Waals surface area contributed by atoms with Crippen LogP contribution in [0.1, 0.15) is 45.1 Å². The molecule has 5 rings (SSSR count). The van der Waals surface area contributed by atoms with Crippen molar-refractivity contribution in [2.75, 3.05) is 12.1 Å². The van der Waals surface area contributed by atoms with E-state index >= 15 is 0 Å². The molecular weight excluding hydrogens is 382 g/mol. The van der Waals surface area contributed by atoms with Crippen molar-refractivity contribution in [2.24, 2.45) is 0 Å². The Morgan fingerprint density at radius 3 is 2.70 bits per heavy atom. The van der Waals surface area contributed by atoms with Crippen molar-refractivity contribution in [1.29, 1.82) is 0 Å². The molecule has 2 aliphatic rings. The number of nitrogens with one attached hydrogen (secondary N) is 1. The van der Waals surface area contributed by atoms with Crippen LogP contribution in [0.3, 0.4) is 0 Å². The summed E-state index contributed by atoms with van der Waals surface area (Å²) in [4.78, 5) is 25.9. The number of hydrogen-bond acceptors (Lipinski definition) is 5. The van der Waals surface area contributed by atoms with E-state index in [9.17, 15) is 9.59 Å². The maximum absolute atomic E-state index is 13.4. The van der Waals surface area contributed by atoms with Gasteiger partial charge >= 0.3 is 0 Å². The van der Waals surface area contributed by atoms with Gasteiger partial charge in [0.05, 0.1) is 17.3 Å². The number of aromatic nitrogens is 2. The van der Waals surface area contributed by atoms with Gasteiger partial charge in [0.15, 0.2) is 17.3 Å². The Morgan fingerprint density at radius 1 is 1.10 bits per heavy atom. The lowest BCUT2D eigenvalue weighted by atomic mass is 9.85. The van der Waals surface area contributed by atoms with E-state index in [2.05, 4.69) is 16.5 Å². The number of carbonyl (C=O) groups excluding carboxylic acids is 2. The van der Waals surface area contributed by atoms with Gasteiger partial charge < -0.3 is 14.8 Å². The summed E-state index contributed by atoms with van der Waals surface area (Å²) in [6.07, 6.45) is 0.0830. The normalized spacial score (nSPS) is 16.9. The van der Waals surface area contributed by atoms with E-state index in [0.29, 0.717) is 22.9 Å². The maximum atomic E-state index is 13.4. The third-order valence-corrected chi connectivity index (χ3v) is 5.66. The molecule has 3 aromatic rings. The SMILES string of the molecule is Cc1ccc(-n2nc(C)c3c2NC(=O)C[C@H]3C(=O)c2ccc3c(c2)OCO3)c(C)c1. The number of amides is 1. The molecule has 1 N–H and O–H groups in total. The molecule has 0 radical (unpaired) electrons. The van der Waals surface area contributed by atoms with Crippen molar-refractivity contribution < 1.29 is 19.1 Å². The number of fused-ring (bicyclic) bond motifs is 2. The van der Waals surface area contributed by atoms with Crippen LogP contribution in [0, 0.1) is 20.8 Å². The summed E-state index contributed by atoms with van der Waals surface area (Å²) in [5.41, 5.74) is 5.04. The van der Waals surface area contributed by atoms with Crippen LogP contribution in [0.15, 0.2) is 36.4 Å². The maximum Gasteiger partial charge on any atom is 0.231 e. The fourth-order valence-corrected chi connectivity index (χ4v) is 4.24. The molecule has 3 heterocycles. The quantitative estimate of drug-likeness (QED) is 0.672. The molecule has 0 fully saturated rings. The lowest BCUT2D eigenvalue weighted by Gasteiger charge is -2.23. The Labute approximate surface area is 173 Å². The fraction of sp³-hybridized carbons (Fsp3) is 0.261. The Morgan fingerprint density at radius 2 is 1.90 bits per heavy atom. The zero-order valence-electron chi connectivity index (χ0n) is 17.0. The van der Waals surface area contributed by atoms with Gasteiger partial charge in [0.25, 0.3) is 0 Å². The monoisotopic (exact) mass is 403 g/mol. The second kappa shape index (κ2) is 6.73. The standard InChI is InChI=1S/C23H21N3O4/c1-12-4-6-17(13(2)8-12)26-23-21(14(3)25-26)16(10-20(27)24-23)22(28)15-5-7-18-19(9-15)30-11-29-18/h4-9,16H,10-11H2,1-3H3,(H,24,27)/t16-/m1/s1. The molecule has 1 atom stereocenters. The number of Topliss-reactive ketones (excluding diaryl/α,β-unsaturated/α-hetero) is 1. The van der Waals surface area contributed by atoms with Crippen LogP contribution < -0.4 is 14.8 Å². The van der Waals surface area contributed by atoms with E-state index in [0.717, 1.165) is 28.1 Å². The number of carbonyl (C=O) groups is 2. The molecule has 30 heavy (non-hydrogen) atoms. The van der Waals surface area contributed by atoms with E-state index in [-0.39, 0.29) is 24.9 Å². The minimum atomic E-state index is -0.603. The van der Waals surface area contributed by atoms with Crippen molar-refractivity contribution in [3.63, 3.8) is 0 Å². The fourth-order valence-electron chi connectivity index (χ4n) is 4.24. The number of ether oxygens (including phenoxy) is 2. The first kappa shape index (κ1) is 18.4. The number of ketones is 1. The molecule has 152 valence electrons. The summed E-state index contributed by atoms with van der Waals surface area (Å²) < 4.78 is 12.5. The molecule has 1 amide bonds. The van der Waals surface area contributed by atoms with Gasteiger partial charge in [-0.2, -0.15) is 5.10 Å². The molecule has 0 saturated carbocycles. The predicted octanol–water partition coefficient (Wildman–Crippen LogP) is 3.83. The van der Waals surface area contributed by atoms with Crippen molar-refractivity contribution in [2.45, 2.75) is 33.1 Å². The Kier molecular flexibility index (Phi) is 4.13. The highest BCUT2D eigenvalue weighted by Gasteiger charge is 2.37. The van der Waals surface area contributed by atoms with Gasteiger partial charge in [-0.3, -0.25) is 9.59 Å². The topological polar surface area (TPSA) is 82.5 Å². The lowest BCUT2D eigenvalue weighted by Crippen LogP contribution is -2.28. The lowest BCUT2D eigenvalue weighted by molar-refractivity contribution is -0.116. The summed E-state index contributed by atoms with van der Waals surface area (Å²) in [5.74, 6) is 0.792. The Bertz CT molecular complexity index is 1210. The average molecular weight is 403 g/mol. The predicted molar refractivity (Wildman–Crippen MR) is 111 cm³/mol. The first-order chi connectivity index (χ1) is 14.4. The molecule has 0 unspecified atom stereocenters. The summed E-state index contributed by atoms with van der Waals surface area (Å²) in [5, 5.41) is 7.61. The van der Waals surface area contributed by atoms with Gasteiger partial charge in [-0.25, -0.2) is 4.68 Å². The van der Waals surface area contributed by atoms with Gasteiger partial charge in [-0.15, -0.1) is 0 Å². The molecule has 0 bridgehead atoms. The highest BCUT2D eigenvalue weighted by molar-refractivity contribution is 6.08. The van der Waals surface area contributed by atoms with Crippen LogP contribution in [0.4, 0.5) is 5.82 Å². The average Bonchev–Trinajstić information content (AvgIpc) is 3.31. The number of hydrogen-bond donors (Lipinski definition) is 1. The molecule has 2 aliphatic heterocycles. The first-order valence-electron chi connectivity index (χ1n) is 9.83. The number of benzene rings is 2. The third kappa shape index (κ3) is 2.85. The summed E-state index contributed by atoms with van der Waals surface area (Å²) in [6.45, 7) is 6.05. The smallest absolute Gasteiger partial charge is 0.231 e. The molecule has 1 aromatic heterocycles. The van der Waals surface area contributed by atoms with E-state index in [1.54, 1.807) is 22.9 Å². The van der Waals surface area contributed by atoms with Gasteiger partial charge in [0.2, 0.25) is 12.7 Å². The van der Waals surface area contributed by atoms with Crippen LogP contribution in [0.5, 0.6) is 11.5 Å². The number of anilines is 1. The van der Waals surface area contributed by atoms with E-state index < -0.39 is 5.92 Å². The molecule has 7 nitrogen and oxygen atoms in total. The van der Waals surface area contributed by atoms with E-state index in [4.69, 9.17) is 9.47 Å². The third-order valence-electron chi connectivity index (χ3n) is 5.66. The van der Waals surface area contributed by atoms with Crippen LogP contribution in [0.2, 0.25) is 0 Å². The van der Waals surface area contributed by atoms with Crippen LogP contribution in [0.25, 0.3) is 5.69 Å². The second-order valence-electron chi connectivity index (χ2n) is 7.79. The van der Waals surface area contributed by atoms with Crippen LogP contribution in [-0.4, -0.2) is 28.3 Å². The minimum Gasteiger partial charge on any atom is -0.454 e. The molecular formula is C23H21N3O4. The zero-order valence-corrected chi connectivity index (χ0v) is 17.0.